The fraction of sp³-hybridized carbons (Fsp3) is 0.125. The topological polar surface area (TPSA) is 58.2 Å². The molecule has 0 radical (unpaired) electrons. The Kier molecular flexibility index (Phi) is 5.98. The van der Waals surface area contributed by atoms with Crippen LogP contribution < -0.4 is 10.6 Å². The minimum Gasteiger partial charge on any atom is -0.347 e. The Morgan fingerprint density at radius 3 is 2.55 bits per heavy atom. The zero-order chi connectivity index (χ0) is 15.9. The molecule has 0 fully saturated rings. The van der Waals surface area contributed by atoms with Gasteiger partial charge < -0.3 is 10.6 Å². The van der Waals surface area contributed by atoms with E-state index in [-0.39, 0.29) is 0 Å². The highest BCUT2D eigenvalue weighted by molar-refractivity contribution is 9.10. The quantitative estimate of drug-likeness (QED) is 0.798. The van der Waals surface area contributed by atoms with Gasteiger partial charge in [-0.05, 0) is 52.2 Å². The largest absolute Gasteiger partial charge is 0.347 e. The summed E-state index contributed by atoms with van der Waals surface area (Å²) >= 11 is 9.19. The average molecular weight is 382 g/mol. The Balaban J connectivity index is 1.82. The molecule has 0 aliphatic rings. The maximum Gasteiger partial charge on any atom is 0.313 e. The second-order valence-corrected chi connectivity index (χ2v) is 5.86. The van der Waals surface area contributed by atoms with Gasteiger partial charge in [-0.25, -0.2) is 0 Å². The molecule has 0 bridgehead atoms. The van der Waals surface area contributed by atoms with Gasteiger partial charge in [-0.1, -0.05) is 35.9 Å². The van der Waals surface area contributed by atoms with E-state index in [1.807, 2.05) is 24.3 Å². The monoisotopic (exact) mass is 380 g/mol. The number of benzene rings is 2. The lowest BCUT2D eigenvalue weighted by atomic mass is 10.1. The molecule has 0 spiro atoms. The number of nitrogens with one attached hydrogen (secondary N) is 2. The third-order valence-electron chi connectivity index (χ3n) is 2.92. The highest BCUT2D eigenvalue weighted by atomic mass is 79.9. The number of carbonyl (C=O) groups excluding carboxylic acids is 2. The van der Waals surface area contributed by atoms with Crippen molar-refractivity contribution in [1.82, 2.24) is 5.32 Å². The van der Waals surface area contributed by atoms with Crippen molar-refractivity contribution in [2.24, 2.45) is 0 Å². The van der Waals surface area contributed by atoms with Gasteiger partial charge in [0.25, 0.3) is 0 Å². The number of hydrogen-bond donors (Lipinski definition) is 2. The molecule has 0 atom stereocenters. The van der Waals surface area contributed by atoms with Crippen LogP contribution in [0.4, 0.5) is 5.69 Å². The summed E-state index contributed by atoms with van der Waals surface area (Å²) in [5, 5.41) is 5.78. The van der Waals surface area contributed by atoms with Gasteiger partial charge in [-0.2, -0.15) is 0 Å². The van der Waals surface area contributed by atoms with Crippen LogP contribution in [0.15, 0.2) is 53.0 Å². The molecular weight excluding hydrogens is 368 g/mol. The van der Waals surface area contributed by atoms with Crippen molar-refractivity contribution in [3.05, 3.63) is 63.6 Å². The van der Waals surface area contributed by atoms with Gasteiger partial charge in [-0.3, -0.25) is 9.59 Å². The van der Waals surface area contributed by atoms with E-state index >= 15 is 0 Å². The lowest BCUT2D eigenvalue weighted by Gasteiger charge is -2.08. The minimum absolute atomic E-state index is 0.364. The predicted molar refractivity (Wildman–Crippen MR) is 90.9 cm³/mol. The molecular formula is C16H14BrClN2O2. The van der Waals surface area contributed by atoms with Crippen LogP contribution in [0.5, 0.6) is 0 Å². The molecule has 0 unspecified atom stereocenters. The summed E-state index contributed by atoms with van der Waals surface area (Å²) in [5.74, 6) is -1.37. The van der Waals surface area contributed by atoms with Crippen LogP contribution in [-0.4, -0.2) is 18.4 Å². The Labute approximate surface area is 142 Å². The van der Waals surface area contributed by atoms with Crippen LogP contribution in [-0.2, 0) is 16.0 Å². The molecule has 2 aromatic carbocycles. The Morgan fingerprint density at radius 1 is 1.05 bits per heavy atom. The number of amides is 2. The summed E-state index contributed by atoms with van der Waals surface area (Å²) < 4.78 is 0.718. The smallest absolute Gasteiger partial charge is 0.313 e. The lowest BCUT2D eigenvalue weighted by molar-refractivity contribution is -0.136. The van der Waals surface area contributed by atoms with E-state index in [2.05, 4.69) is 26.6 Å². The second-order valence-electron chi connectivity index (χ2n) is 4.57. The maximum absolute atomic E-state index is 11.8. The van der Waals surface area contributed by atoms with Gasteiger partial charge in [0.1, 0.15) is 0 Å². The summed E-state index contributed by atoms with van der Waals surface area (Å²) in [7, 11) is 0. The third-order valence-corrected chi connectivity index (χ3v) is 3.84. The molecule has 6 heteroatoms. The fourth-order valence-corrected chi connectivity index (χ4v) is 2.43. The minimum atomic E-state index is -0.696. The molecule has 0 aliphatic carbocycles. The van der Waals surface area contributed by atoms with Gasteiger partial charge >= 0.3 is 11.8 Å². The highest BCUT2D eigenvalue weighted by Gasteiger charge is 2.14. The summed E-state index contributed by atoms with van der Waals surface area (Å²) in [5.41, 5.74) is 1.55. The number of rotatable bonds is 4. The van der Waals surface area contributed by atoms with E-state index in [4.69, 9.17) is 11.6 Å². The molecule has 2 rings (SSSR count). The number of carbonyl (C=O) groups is 2. The van der Waals surface area contributed by atoms with Gasteiger partial charge in [0.05, 0.1) is 5.69 Å². The zero-order valence-electron chi connectivity index (χ0n) is 11.6. The van der Waals surface area contributed by atoms with Crippen molar-refractivity contribution in [1.29, 1.82) is 0 Å². The second kappa shape index (κ2) is 7.96. The van der Waals surface area contributed by atoms with Crippen molar-refractivity contribution in [2.75, 3.05) is 11.9 Å². The molecule has 4 nitrogen and oxygen atoms in total. The fourth-order valence-electron chi connectivity index (χ4n) is 1.83. The van der Waals surface area contributed by atoms with Crippen molar-refractivity contribution < 1.29 is 9.59 Å². The molecule has 2 amide bonds. The Bertz CT molecular complexity index is 691. The SMILES string of the molecule is O=C(NCCc1cccc(Cl)c1)C(=O)Nc1ccccc1Br. The first-order valence-electron chi connectivity index (χ1n) is 6.64. The molecule has 0 heterocycles. The van der Waals surface area contributed by atoms with Gasteiger partial charge in [0.15, 0.2) is 0 Å². The van der Waals surface area contributed by atoms with Crippen molar-refractivity contribution in [2.45, 2.75) is 6.42 Å². The van der Waals surface area contributed by atoms with Gasteiger partial charge in [0.2, 0.25) is 0 Å². The third kappa shape index (κ3) is 4.86. The predicted octanol–water partition coefficient (Wildman–Crippen LogP) is 3.40. The number of anilines is 1. The van der Waals surface area contributed by atoms with Crippen LogP contribution in [0.25, 0.3) is 0 Å². The van der Waals surface area contributed by atoms with Crippen LogP contribution >= 0.6 is 27.5 Å². The van der Waals surface area contributed by atoms with Crippen LogP contribution in [0.3, 0.4) is 0 Å². The van der Waals surface area contributed by atoms with Gasteiger partial charge in [-0.15, -0.1) is 0 Å². The molecule has 0 aliphatic heterocycles. The van der Waals surface area contributed by atoms with E-state index in [1.54, 1.807) is 24.3 Å². The zero-order valence-corrected chi connectivity index (χ0v) is 13.9. The van der Waals surface area contributed by atoms with Crippen molar-refractivity contribution in [3.63, 3.8) is 0 Å². The van der Waals surface area contributed by atoms with Crippen molar-refractivity contribution in [3.8, 4) is 0 Å². The van der Waals surface area contributed by atoms with E-state index in [0.717, 1.165) is 10.0 Å². The maximum atomic E-state index is 11.8. The summed E-state index contributed by atoms with van der Waals surface area (Å²) in [6.07, 6.45) is 0.606. The normalized spacial score (nSPS) is 10.1. The van der Waals surface area contributed by atoms with Crippen molar-refractivity contribution >= 4 is 45.0 Å². The van der Waals surface area contributed by atoms with E-state index < -0.39 is 11.8 Å². The summed E-state index contributed by atoms with van der Waals surface area (Å²) in [6, 6.07) is 14.5. The first-order chi connectivity index (χ1) is 10.6. The molecule has 2 N–H and O–H groups in total. The molecule has 2 aromatic rings. The first kappa shape index (κ1) is 16.5. The number of halogens is 2. The van der Waals surface area contributed by atoms with E-state index in [1.165, 1.54) is 0 Å². The van der Waals surface area contributed by atoms with Crippen LogP contribution in [0, 0.1) is 0 Å². The summed E-state index contributed by atoms with van der Waals surface area (Å²) in [6.45, 7) is 0.364. The van der Waals surface area contributed by atoms with Crippen LogP contribution in [0.2, 0.25) is 5.02 Å². The number of para-hydroxylation sites is 1. The standard InChI is InChI=1S/C16H14BrClN2O2/c17-13-6-1-2-7-14(13)20-16(22)15(21)19-9-8-11-4-3-5-12(18)10-11/h1-7,10H,8-9H2,(H,19,21)(H,20,22). The average Bonchev–Trinajstić information content (AvgIpc) is 2.49. The van der Waals surface area contributed by atoms with Crippen LogP contribution in [0.1, 0.15) is 5.56 Å². The lowest BCUT2D eigenvalue weighted by Crippen LogP contribution is -2.36. The number of hydrogen-bond acceptors (Lipinski definition) is 2. The Hall–Kier alpha value is -1.85. The Morgan fingerprint density at radius 2 is 1.82 bits per heavy atom. The first-order valence-corrected chi connectivity index (χ1v) is 7.81. The molecule has 0 saturated carbocycles. The van der Waals surface area contributed by atoms with E-state index in [9.17, 15) is 9.59 Å². The molecule has 0 saturated heterocycles. The highest BCUT2D eigenvalue weighted by Crippen LogP contribution is 2.20. The summed E-state index contributed by atoms with van der Waals surface area (Å²) in [4.78, 5) is 23.5. The molecule has 114 valence electrons. The molecule has 0 aromatic heterocycles. The van der Waals surface area contributed by atoms with Gasteiger partial charge in [0, 0.05) is 16.0 Å². The molecule has 22 heavy (non-hydrogen) atoms. The van der Waals surface area contributed by atoms with E-state index in [0.29, 0.717) is 23.7 Å².